The van der Waals surface area contributed by atoms with Crippen LogP contribution in [0, 0.1) is 0 Å². The maximum atomic E-state index is 11.4. The molecule has 1 aromatic rings. The van der Waals surface area contributed by atoms with Crippen molar-refractivity contribution in [2.75, 3.05) is 32.9 Å². The number of hydrogen-bond donors (Lipinski definition) is 3. The molecular weight excluding hydrogens is 240 g/mol. The molecule has 0 aliphatic heterocycles. The first-order chi connectivity index (χ1) is 8.74. The Kier molecular flexibility index (Phi) is 6.52. The summed E-state index contributed by atoms with van der Waals surface area (Å²) in [5, 5.41) is 13.4. The van der Waals surface area contributed by atoms with Crippen LogP contribution >= 0.6 is 0 Å². The van der Waals surface area contributed by atoms with Gasteiger partial charge >= 0.3 is 0 Å². The van der Waals surface area contributed by atoms with Gasteiger partial charge in [0.1, 0.15) is 0 Å². The molecule has 0 saturated heterocycles. The molecule has 0 spiro atoms. The zero-order valence-electron chi connectivity index (χ0n) is 9.85. The first-order valence-electron chi connectivity index (χ1n) is 5.51. The SMILES string of the molecule is O=C(CNC(=O)c1ccco1)NCCOCCO. The van der Waals surface area contributed by atoms with Gasteiger partial charge in [0.25, 0.3) is 5.91 Å². The third kappa shape index (κ3) is 5.46. The lowest BCUT2D eigenvalue weighted by Gasteiger charge is -2.06. The highest BCUT2D eigenvalue weighted by molar-refractivity contribution is 5.94. The molecule has 7 nitrogen and oxygen atoms in total. The standard InChI is InChI=1S/C11H16N2O5/c14-4-7-17-6-3-12-10(15)8-13-11(16)9-2-1-5-18-9/h1-2,5,14H,3-4,6-8H2,(H,12,15)(H,13,16). The monoisotopic (exact) mass is 256 g/mol. The van der Waals surface area contributed by atoms with Gasteiger partial charge in [0.2, 0.25) is 5.91 Å². The lowest BCUT2D eigenvalue weighted by atomic mass is 10.4. The van der Waals surface area contributed by atoms with Gasteiger partial charge in [0.05, 0.1) is 32.6 Å². The number of ether oxygens (including phenoxy) is 1. The van der Waals surface area contributed by atoms with Crippen LogP contribution in [0.5, 0.6) is 0 Å². The molecule has 0 atom stereocenters. The van der Waals surface area contributed by atoms with E-state index in [4.69, 9.17) is 14.3 Å². The highest BCUT2D eigenvalue weighted by Gasteiger charge is 2.09. The van der Waals surface area contributed by atoms with Crippen molar-refractivity contribution >= 4 is 11.8 Å². The minimum Gasteiger partial charge on any atom is -0.459 e. The number of amides is 2. The molecule has 0 aromatic carbocycles. The van der Waals surface area contributed by atoms with Crippen LogP contribution in [0.1, 0.15) is 10.6 Å². The van der Waals surface area contributed by atoms with E-state index in [1.807, 2.05) is 0 Å². The topological polar surface area (TPSA) is 101 Å². The second-order valence-electron chi connectivity index (χ2n) is 3.35. The Morgan fingerprint density at radius 1 is 1.33 bits per heavy atom. The molecule has 1 heterocycles. The van der Waals surface area contributed by atoms with E-state index >= 15 is 0 Å². The Morgan fingerprint density at radius 3 is 2.83 bits per heavy atom. The van der Waals surface area contributed by atoms with Gasteiger partial charge in [-0.1, -0.05) is 0 Å². The number of carbonyl (C=O) groups excluding carboxylic acids is 2. The Bertz CT molecular complexity index is 364. The molecule has 7 heteroatoms. The van der Waals surface area contributed by atoms with Crippen LogP contribution in [0.15, 0.2) is 22.8 Å². The fourth-order valence-corrected chi connectivity index (χ4v) is 1.15. The first kappa shape index (κ1) is 14.2. The number of rotatable bonds is 8. The predicted octanol–water partition coefficient (Wildman–Crippen LogP) is -0.865. The van der Waals surface area contributed by atoms with E-state index in [1.165, 1.54) is 12.3 Å². The highest BCUT2D eigenvalue weighted by Crippen LogP contribution is 1.98. The minimum absolute atomic E-state index is 0.0485. The van der Waals surface area contributed by atoms with Crippen molar-refractivity contribution in [3.63, 3.8) is 0 Å². The molecule has 0 aliphatic carbocycles. The first-order valence-corrected chi connectivity index (χ1v) is 5.51. The number of carbonyl (C=O) groups is 2. The molecule has 0 bridgehead atoms. The summed E-state index contributed by atoms with van der Waals surface area (Å²) in [5.41, 5.74) is 0. The molecule has 3 N–H and O–H groups in total. The highest BCUT2D eigenvalue weighted by atomic mass is 16.5. The van der Waals surface area contributed by atoms with Crippen molar-refractivity contribution in [3.8, 4) is 0 Å². The van der Waals surface area contributed by atoms with Crippen molar-refractivity contribution in [2.45, 2.75) is 0 Å². The van der Waals surface area contributed by atoms with Crippen molar-refractivity contribution in [2.24, 2.45) is 0 Å². The van der Waals surface area contributed by atoms with Gasteiger partial charge in [-0.25, -0.2) is 0 Å². The minimum atomic E-state index is -0.438. The van der Waals surface area contributed by atoms with E-state index in [9.17, 15) is 9.59 Å². The maximum absolute atomic E-state index is 11.4. The number of hydrogen-bond acceptors (Lipinski definition) is 5. The largest absolute Gasteiger partial charge is 0.459 e. The summed E-state index contributed by atoms with van der Waals surface area (Å²) in [6, 6.07) is 3.10. The van der Waals surface area contributed by atoms with Crippen molar-refractivity contribution < 1.29 is 23.8 Å². The number of furan rings is 1. The molecule has 18 heavy (non-hydrogen) atoms. The molecule has 0 fully saturated rings. The summed E-state index contributed by atoms with van der Waals surface area (Å²) in [5.74, 6) is -0.594. The number of aliphatic hydroxyl groups excluding tert-OH is 1. The summed E-state index contributed by atoms with van der Waals surface area (Å²) in [6.07, 6.45) is 1.38. The number of nitrogens with one attached hydrogen (secondary N) is 2. The van der Waals surface area contributed by atoms with Crippen LogP contribution in [-0.2, 0) is 9.53 Å². The summed E-state index contributed by atoms with van der Waals surface area (Å²) in [4.78, 5) is 22.7. The quantitative estimate of drug-likeness (QED) is 0.525. The fourth-order valence-electron chi connectivity index (χ4n) is 1.15. The lowest BCUT2D eigenvalue weighted by Crippen LogP contribution is -2.38. The molecule has 0 aliphatic rings. The Morgan fingerprint density at radius 2 is 2.17 bits per heavy atom. The molecule has 0 saturated carbocycles. The van der Waals surface area contributed by atoms with Crippen LogP contribution in [0.25, 0.3) is 0 Å². The van der Waals surface area contributed by atoms with Crippen LogP contribution in [-0.4, -0.2) is 49.8 Å². The van der Waals surface area contributed by atoms with Crippen molar-refractivity contribution in [1.29, 1.82) is 0 Å². The van der Waals surface area contributed by atoms with Gasteiger partial charge < -0.3 is 24.9 Å². The van der Waals surface area contributed by atoms with Gasteiger partial charge in [-0.15, -0.1) is 0 Å². The van der Waals surface area contributed by atoms with E-state index in [0.29, 0.717) is 13.2 Å². The van der Waals surface area contributed by atoms with Crippen LogP contribution in [0.4, 0.5) is 0 Å². The van der Waals surface area contributed by atoms with Gasteiger partial charge in [-0.3, -0.25) is 9.59 Å². The molecule has 0 radical (unpaired) electrons. The average molecular weight is 256 g/mol. The normalized spacial score (nSPS) is 10.1. The van der Waals surface area contributed by atoms with Gasteiger partial charge in [-0.05, 0) is 12.1 Å². The Labute approximate surface area is 104 Å². The van der Waals surface area contributed by atoms with Crippen molar-refractivity contribution in [1.82, 2.24) is 10.6 Å². The zero-order valence-corrected chi connectivity index (χ0v) is 9.85. The fraction of sp³-hybridized carbons (Fsp3) is 0.455. The van der Waals surface area contributed by atoms with Crippen LogP contribution in [0.3, 0.4) is 0 Å². The van der Waals surface area contributed by atoms with E-state index in [2.05, 4.69) is 10.6 Å². The summed E-state index contributed by atoms with van der Waals surface area (Å²) in [7, 11) is 0. The zero-order chi connectivity index (χ0) is 13.2. The summed E-state index contributed by atoms with van der Waals surface area (Å²) < 4.78 is 9.82. The third-order valence-electron chi connectivity index (χ3n) is 1.96. The van der Waals surface area contributed by atoms with Crippen LogP contribution < -0.4 is 10.6 Å². The lowest BCUT2D eigenvalue weighted by molar-refractivity contribution is -0.120. The van der Waals surface area contributed by atoms with Gasteiger partial charge in [0.15, 0.2) is 5.76 Å². The predicted molar refractivity (Wildman–Crippen MR) is 62.0 cm³/mol. The number of aliphatic hydroxyl groups is 1. The Balaban J connectivity index is 2.08. The Hall–Kier alpha value is -1.86. The maximum Gasteiger partial charge on any atom is 0.287 e. The smallest absolute Gasteiger partial charge is 0.287 e. The second kappa shape index (κ2) is 8.26. The molecule has 2 amide bonds. The van der Waals surface area contributed by atoms with E-state index in [-0.39, 0.29) is 31.4 Å². The van der Waals surface area contributed by atoms with E-state index in [0.717, 1.165) is 0 Å². The molecular formula is C11H16N2O5. The molecule has 0 unspecified atom stereocenters. The van der Waals surface area contributed by atoms with Gasteiger partial charge in [0, 0.05) is 6.54 Å². The molecule has 1 aromatic heterocycles. The summed E-state index contributed by atoms with van der Waals surface area (Å²) in [6.45, 7) is 0.714. The van der Waals surface area contributed by atoms with Crippen LogP contribution in [0.2, 0.25) is 0 Å². The average Bonchev–Trinajstić information content (AvgIpc) is 2.89. The van der Waals surface area contributed by atoms with Crippen molar-refractivity contribution in [3.05, 3.63) is 24.2 Å². The summed E-state index contributed by atoms with van der Waals surface area (Å²) >= 11 is 0. The third-order valence-corrected chi connectivity index (χ3v) is 1.96. The van der Waals surface area contributed by atoms with E-state index < -0.39 is 5.91 Å². The van der Waals surface area contributed by atoms with Gasteiger partial charge in [-0.2, -0.15) is 0 Å². The molecule has 100 valence electrons. The second-order valence-corrected chi connectivity index (χ2v) is 3.35. The van der Waals surface area contributed by atoms with E-state index in [1.54, 1.807) is 6.07 Å². The molecule has 1 rings (SSSR count).